The van der Waals surface area contributed by atoms with Crippen LogP contribution in [0.3, 0.4) is 0 Å². The molecule has 1 aromatic rings. The number of methoxy groups -OCH3 is 1. The molecule has 0 radical (unpaired) electrons. The number of alkyl halides is 2. The fourth-order valence-corrected chi connectivity index (χ4v) is 1.24. The van der Waals surface area contributed by atoms with Gasteiger partial charge in [0.05, 0.1) is 11.6 Å². The number of carbonyl (C=O) groups is 1. The number of rotatable bonds is 2. The van der Waals surface area contributed by atoms with Crippen molar-refractivity contribution in [1.29, 1.82) is 0 Å². The van der Waals surface area contributed by atoms with Gasteiger partial charge in [0, 0.05) is 6.20 Å². The monoisotopic (exact) mass is 283 g/mol. The molecule has 3 nitrogen and oxygen atoms in total. The highest BCUT2D eigenvalue weighted by Gasteiger charge is 2.26. The largest absolute Gasteiger partial charge is 0.465 e. The summed E-state index contributed by atoms with van der Waals surface area (Å²) in [7, 11) is 0.970. The molecule has 1 heterocycles. The number of esters is 1. The molecule has 1 aromatic heterocycles. The highest BCUT2D eigenvalue weighted by atomic mass is 79.9. The van der Waals surface area contributed by atoms with Crippen LogP contribution >= 0.6 is 15.9 Å². The Kier molecular flexibility index (Phi) is 3.67. The molecular formula is C8H5BrF3NO2. The number of carbonyl (C=O) groups excluding carboxylic acids is 1. The van der Waals surface area contributed by atoms with Crippen molar-refractivity contribution in [2.24, 2.45) is 0 Å². The molecule has 0 atom stereocenters. The molecular weight excluding hydrogens is 279 g/mol. The zero-order valence-corrected chi connectivity index (χ0v) is 9.02. The second-order valence-corrected chi connectivity index (χ2v) is 3.33. The molecule has 82 valence electrons. The van der Waals surface area contributed by atoms with Gasteiger partial charge in [-0.2, -0.15) is 0 Å². The molecule has 0 saturated carbocycles. The maximum absolute atomic E-state index is 13.3. The van der Waals surface area contributed by atoms with E-state index in [-0.39, 0.29) is 4.47 Å². The molecule has 0 aromatic carbocycles. The van der Waals surface area contributed by atoms with Crippen LogP contribution in [0.2, 0.25) is 0 Å². The fourth-order valence-electron chi connectivity index (χ4n) is 0.941. The minimum absolute atomic E-state index is 0.174. The van der Waals surface area contributed by atoms with Crippen molar-refractivity contribution in [3.8, 4) is 0 Å². The summed E-state index contributed by atoms with van der Waals surface area (Å²) in [6.07, 6.45) is -2.18. The average Bonchev–Trinajstić information content (AvgIpc) is 2.20. The SMILES string of the molecule is COC(=O)c1c(C(F)F)ncc(Br)c1F. The predicted molar refractivity (Wildman–Crippen MR) is 48.2 cm³/mol. The fraction of sp³-hybridized carbons (Fsp3) is 0.250. The molecule has 0 bridgehead atoms. The molecule has 0 saturated heterocycles. The van der Waals surface area contributed by atoms with Crippen LogP contribution in [-0.2, 0) is 4.74 Å². The topological polar surface area (TPSA) is 39.2 Å². The van der Waals surface area contributed by atoms with Crippen LogP contribution in [0, 0.1) is 5.82 Å². The van der Waals surface area contributed by atoms with Gasteiger partial charge < -0.3 is 4.74 Å². The van der Waals surface area contributed by atoms with Crippen LogP contribution < -0.4 is 0 Å². The summed E-state index contributed by atoms with van der Waals surface area (Å²) in [5, 5.41) is 0. The second-order valence-electron chi connectivity index (χ2n) is 2.47. The molecule has 15 heavy (non-hydrogen) atoms. The zero-order valence-electron chi connectivity index (χ0n) is 7.43. The molecule has 7 heteroatoms. The molecule has 0 spiro atoms. The van der Waals surface area contributed by atoms with E-state index in [4.69, 9.17) is 0 Å². The summed E-state index contributed by atoms with van der Waals surface area (Å²) in [5.74, 6) is -2.29. The first-order valence-electron chi connectivity index (χ1n) is 3.69. The predicted octanol–water partition coefficient (Wildman–Crippen LogP) is 2.71. The van der Waals surface area contributed by atoms with Crippen molar-refractivity contribution in [2.75, 3.05) is 7.11 Å². The number of halogens is 4. The van der Waals surface area contributed by atoms with Gasteiger partial charge in [-0.25, -0.2) is 18.0 Å². The molecule has 0 amide bonds. The third kappa shape index (κ3) is 2.28. The van der Waals surface area contributed by atoms with Crippen molar-refractivity contribution in [2.45, 2.75) is 6.43 Å². The number of hydrogen-bond donors (Lipinski definition) is 0. The van der Waals surface area contributed by atoms with E-state index in [0.717, 1.165) is 13.3 Å². The van der Waals surface area contributed by atoms with Gasteiger partial charge in [-0.1, -0.05) is 0 Å². The van der Waals surface area contributed by atoms with Crippen LogP contribution in [0.4, 0.5) is 13.2 Å². The third-order valence-electron chi connectivity index (χ3n) is 1.60. The molecule has 0 fully saturated rings. The third-order valence-corrected chi connectivity index (χ3v) is 2.15. The normalized spacial score (nSPS) is 10.5. The molecule has 0 aliphatic heterocycles. The average molecular weight is 284 g/mol. The Balaban J connectivity index is 3.41. The van der Waals surface area contributed by atoms with Gasteiger partial charge in [-0.15, -0.1) is 0 Å². The van der Waals surface area contributed by atoms with E-state index in [0.29, 0.717) is 0 Å². The Hall–Kier alpha value is -1.11. The van der Waals surface area contributed by atoms with Gasteiger partial charge in [-0.05, 0) is 15.9 Å². The Morgan fingerprint density at radius 2 is 2.20 bits per heavy atom. The summed E-state index contributed by atoms with van der Waals surface area (Å²) >= 11 is 2.74. The Morgan fingerprint density at radius 3 is 2.67 bits per heavy atom. The summed E-state index contributed by atoms with van der Waals surface area (Å²) in [6, 6.07) is 0. The highest BCUT2D eigenvalue weighted by Crippen LogP contribution is 2.27. The van der Waals surface area contributed by atoms with Crippen molar-refractivity contribution < 1.29 is 22.7 Å². The lowest BCUT2D eigenvalue weighted by Crippen LogP contribution is -2.11. The van der Waals surface area contributed by atoms with Crippen molar-refractivity contribution in [1.82, 2.24) is 4.98 Å². The molecule has 0 aliphatic carbocycles. The van der Waals surface area contributed by atoms with E-state index < -0.39 is 29.5 Å². The van der Waals surface area contributed by atoms with E-state index in [1.165, 1.54) is 0 Å². The van der Waals surface area contributed by atoms with Gasteiger partial charge in [-0.3, -0.25) is 4.98 Å². The van der Waals surface area contributed by atoms with E-state index in [1.807, 2.05) is 0 Å². The van der Waals surface area contributed by atoms with Crippen LogP contribution in [0.15, 0.2) is 10.7 Å². The second kappa shape index (κ2) is 4.61. The summed E-state index contributed by atoms with van der Waals surface area (Å²) in [4.78, 5) is 14.3. The summed E-state index contributed by atoms with van der Waals surface area (Å²) in [6.45, 7) is 0. The summed E-state index contributed by atoms with van der Waals surface area (Å²) < 4.78 is 42.1. The van der Waals surface area contributed by atoms with Crippen LogP contribution in [0.1, 0.15) is 22.5 Å². The first-order valence-corrected chi connectivity index (χ1v) is 4.48. The first kappa shape index (κ1) is 12.0. The smallest absolute Gasteiger partial charge is 0.342 e. The van der Waals surface area contributed by atoms with Crippen LogP contribution in [0.25, 0.3) is 0 Å². The molecule has 0 unspecified atom stereocenters. The molecule has 0 N–H and O–H groups in total. The Labute approximate surface area is 91.4 Å². The number of aromatic nitrogens is 1. The van der Waals surface area contributed by atoms with Gasteiger partial charge >= 0.3 is 5.97 Å². The van der Waals surface area contributed by atoms with Crippen molar-refractivity contribution in [3.63, 3.8) is 0 Å². The Morgan fingerprint density at radius 1 is 1.60 bits per heavy atom. The Bertz CT molecular complexity index is 398. The van der Waals surface area contributed by atoms with Crippen molar-refractivity contribution in [3.05, 3.63) is 27.7 Å². The quantitative estimate of drug-likeness (QED) is 0.784. The number of ether oxygens (including phenoxy) is 1. The van der Waals surface area contributed by atoms with Gasteiger partial charge in [0.25, 0.3) is 6.43 Å². The minimum atomic E-state index is -3.04. The minimum Gasteiger partial charge on any atom is -0.465 e. The van der Waals surface area contributed by atoms with Gasteiger partial charge in [0.15, 0.2) is 5.82 Å². The molecule has 0 aliphatic rings. The summed E-state index contributed by atoms with van der Waals surface area (Å²) in [5.41, 5.74) is -1.77. The van der Waals surface area contributed by atoms with Gasteiger partial charge in [0.1, 0.15) is 11.3 Å². The lowest BCUT2D eigenvalue weighted by Gasteiger charge is -2.07. The first-order chi connectivity index (χ1) is 6.99. The van der Waals surface area contributed by atoms with Crippen LogP contribution in [0.5, 0.6) is 0 Å². The van der Waals surface area contributed by atoms with Crippen LogP contribution in [-0.4, -0.2) is 18.1 Å². The van der Waals surface area contributed by atoms with Crippen molar-refractivity contribution >= 4 is 21.9 Å². The molecule has 1 rings (SSSR count). The number of pyridine rings is 1. The lowest BCUT2D eigenvalue weighted by atomic mass is 10.2. The number of nitrogens with zero attached hydrogens (tertiary/aromatic N) is 1. The zero-order chi connectivity index (χ0) is 11.6. The maximum atomic E-state index is 13.3. The van der Waals surface area contributed by atoms with E-state index in [2.05, 4.69) is 25.7 Å². The highest BCUT2D eigenvalue weighted by molar-refractivity contribution is 9.10. The van der Waals surface area contributed by atoms with E-state index in [9.17, 15) is 18.0 Å². The van der Waals surface area contributed by atoms with E-state index >= 15 is 0 Å². The number of hydrogen-bond acceptors (Lipinski definition) is 3. The lowest BCUT2D eigenvalue weighted by molar-refractivity contribution is 0.0580. The maximum Gasteiger partial charge on any atom is 0.342 e. The van der Waals surface area contributed by atoms with Gasteiger partial charge in [0.2, 0.25) is 0 Å². The van der Waals surface area contributed by atoms with E-state index in [1.54, 1.807) is 0 Å². The standard InChI is InChI=1S/C8H5BrF3NO2/c1-15-8(14)4-5(10)3(9)2-13-6(4)7(11)12/h2,7H,1H3.